The lowest BCUT2D eigenvalue weighted by Gasteiger charge is -2.21. The first-order valence-electron chi connectivity index (χ1n) is 7.09. The number of benzene rings is 1. The van der Waals surface area contributed by atoms with E-state index >= 15 is 0 Å². The highest BCUT2D eigenvalue weighted by molar-refractivity contribution is 6.31. The number of halogens is 1. The van der Waals surface area contributed by atoms with Crippen molar-refractivity contribution in [1.29, 1.82) is 0 Å². The monoisotopic (exact) mass is 287 g/mol. The molecule has 1 unspecified atom stereocenters. The van der Waals surface area contributed by atoms with Gasteiger partial charge < -0.3 is 5.32 Å². The Morgan fingerprint density at radius 3 is 2.80 bits per heavy atom. The van der Waals surface area contributed by atoms with E-state index in [-0.39, 0.29) is 6.04 Å². The average Bonchev–Trinajstić information content (AvgIpc) is 2.48. The second kappa shape index (κ2) is 5.80. The number of hydrogen-bond acceptors (Lipinski definition) is 3. The minimum Gasteiger partial charge on any atom is -0.363 e. The molecule has 1 aliphatic rings. The van der Waals surface area contributed by atoms with Gasteiger partial charge in [-0.15, -0.1) is 0 Å². The smallest absolute Gasteiger partial charge is 0.133 e. The summed E-state index contributed by atoms with van der Waals surface area (Å²) in [6.45, 7) is 2.11. The Labute approximate surface area is 124 Å². The fraction of sp³-hybridized carbons (Fsp3) is 0.375. The van der Waals surface area contributed by atoms with Gasteiger partial charge in [-0.3, -0.25) is 0 Å². The zero-order chi connectivity index (χ0) is 13.9. The number of rotatable bonds is 3. The molecular weight excluding hydrogens is 270 g/mol. The van der Waals surface area contributed by atoms with Crippen LogP contribution < -0.4 is 5.32 Å². The van der Waals surface area contributed by atoms with E-state index in [2.05, 4.69) is 22.2 Å². The summed E-state index contributed by atoms with van der Waals surface area (Å²) in [6, 6.07) is 8.06. The van der Waals surface area contributed by atoms with E-state index in [1.54, 1.807) is 6.33 Å². The van der Waals surface area contributed by atoms with Crippen molar-refractivity contribution < 1.29 is 0 Å². The third-order valence-electron chi connectivity index (χ3n) is 3.85. The lowest BCUT2D eigenvalue weighted by molar-refractivity contribution is 0.661. The lowest BCUT2D eigenvalue weighted by Crippen LogP contribution is -2.14. The zero-order valence-corrected chi connectivity index (χ0v) is 12.3. The quantitative estimate of drug-likeness (QED) is 0.920. The first-order valence-corrected chi connectivity index (χ1v) is 7.47. The Bertz CT molecular complexity index is 612. The summed E-state index contributed by atoms with van der Waals surface area (Å²) in [5.41, 5.74) is 3.56. The van der Waals surface area contributed by atoms with Gasteiger partial charge in [0.05, 0.1) is 6.04 Å². The van der Waals surface area contributed by atoms with Crippen molar-refractivity contribution in [2.24, 2.45) is 0 Å². The SMILES string of the molecule is CC(Nc1ncnc2c1CCCC2)c1ccccc1Cl. The van der Waals surface area contributed by atoms with Crippen LogP contribution in [0.5, 0.6) is 0 Å². The maximum absolute atomic E-state index is 6.26. The standard InChI is InChI=1S/C16H18ClN3/c1-11(12-6-2-4-8-14(12)17)20-16-13-7-3-5-9-15(13)18-10-19-16/h2,4,6,8,10-11H,3,5,7,9H2,1H3,(H,18,19,20). The highest BCUT2D eigenvalue weighted by atomic mass is 35.5. The van der Waals surface area contributed by atoms with Crippen LogP contribution in [-0.4, -0.2) is 9.97 Å². The second-order valence-corrected chi connectivity index (χ2v) is 5.65. The van der Waals surface area contributed by atoms with Crippen molar-refractivity contribution in [1.82, 2.24) is 9.97 Å². The predicted octanol–water partition coefficient (Wildman–Crippen LogP) is 4.18. The number of hydrogen-bond donors (Lipinski definition) is 1. The minimum absolute atomic E-state index is 0.129. The zero-order valence-electron chi connectivity index (χ0n) is 11.6. The maximum Gasteiger partial charge on any atom is 0.133 e. The van der Waals surface area contributed by atoms with Crippen molar-refractivity contribution in [3.8, 4) is 0 Å². The molecule has 104 valence electrons. The van der Waals surface area contributed by atoms with Crippen molar-refractivity contribution in [3.63, 3.8) is 0 Å². The molecule has 0 radical (unpaired) electrons. The summed E-state index contributed by atoms with van der Waals surface area (Å²) in [6.07, 6.45) is 6.23. The van der Waals surface area contributed by atoms with Gasteiger partial charge in [-0.1, -0.05) is 29.8 Å². The molecule has 1 heterocycles. The summed E-state index contributed by atoms with van der Waals surface area (Å²) < 4.78 is 0. The molecule has 20 heavy (non-hydrogen) atoms. The van der Waals surface area contributed by atoms with Gasteiger partial charge >= 0.3 is 0 Å². The third-order valence-corrected chi connectivity index (χ3v) is 4.19. The van der Waals surface area contributed by atoms with Crippen molar-refractivity contribution in [2.75, 3.05) is 5.32 Å². The topological polar surface area (TPSA) is 37.8 Å². The summed E-state index contributed by atoms with van der Waals surface area (Å²) in [5, 5.41) is 4.28. The number of aryl methyl sites for hydroxylation is 1. The van der Waals surface area contributed by atoms with E-state index in [1.165, 1.54) is 24.1 Å². The fourth-order valence-electron chi connectivity index (χ4n) is 2.75. The predicted molar refractivity (Wildman–Crippen MR) is 82.2 cm³/mol. The van der Waals surface area contributed by atoms with Crippen LogP contribution >= 0.6 is 11.6 Å². The molecule has 4 heteroatoms. The Kier molecular flexibility index (Phi) is 3.88. The molecule has 0 bridgehead atoms. The molecule has 2 aromatic rings. The number of fused-ring (bicyclic) bond motifs is 1. The van der Waals surface area contributed by atoms with Crippen LogP contribution in [0, 0.1) is 0 Å². The maximum atomic E-state index is 6.26. The molecule has 1 N–H and O–H groups in total. The van der Waals surface area contributed by atoms with Crippen LogP contribution in [0.25, 0.3) is 0 Å². The third kappa shape index (κ3) is 2.63. The number of anilines is 1. The molecule has 0 fully saturated rings. The molecule has 1 atom stereocenters. The van der Waals surface area contributed by atoms with Crippen molar-refractivity contribution in [2.45, 2.75) is 38.6 Å². The molecule has 3 rings (SSSR count). The fourth-order valence-corrected chi connectivity index (χ4v) is 3.05. The molecule has 0 saturated heterocycles. The summed E-state index contributed by atoms with van der Waals surface area (Å²) in [4.78, 5) is 8.82. The summed E-state index contributed by atoms with van der Waals surface area (Å²) in [7, 11) is 0. The second-order valence-electron chi connectivity index (χ2n) is 5.24. The van der Waals surface area contributed by atoms with Crippen LogP contribution in [-0.2, 0) is 12.8 Å². The summed E-state index contributed by atoms with van der Waals surface area (Å²) in [5.74, 6) is 0.960. The molecular formula is C16H18ClN3. The molecule has 1 aliphatic carbocycles. The van der Waals surface area contributed by atoms with Crippen LogP contribution in [0.1, 0.15) is 42.6 Å². The van der Waals surface area contributed by atoms with Gasteiger partial charge in [-0.05, 0) is 44.2 Å². The van der Waals surface area contributed by atoms with Crippen molar-refractivity contribution in [3.05, 3.63) is 52.4 Å². The van der Waals surface area contributed by atoms with Crippen molar-refractivity contribution >= 4 is 17.4 Å². The van der Waals surface area contributed by atoms with E-state index in [4.69, 9.17) is 11.6 Å². The van der Waals surface area contributed by atoms with E-state index in [9.17, 15) is 0 Å². The first kappa shape index (κ1) is 13.4. The average molecular weight is 288 g/mol. The Balaban J connectivity index is 1.86. The lowest BCUT2D eigenvalue weighted by atomic mass is 9.96. The van der Waals surface area contributed by atoms with Crippen LogP contribution in [0.4, 0.5) is 5.82 Å². The molecule has 1 aromatic heterocycles. The minimum atomic E-state index is 0.129. The molecule has 0 amide bonds. The van der Waals surface area contributed by atoms with Gasteiger partial charge in [0.2, 0.25) is 0 Å². The van der Waals surface area contributed by atoms with Gasteiger partial charge in [-0.2, -0.15) is 0 Å². The van der Waals surface area contributed by atoms with E-state index in [1.807, 2.05) is 24.3 Å². The highest BCUT2D eigenvalue weighted by Gasteiger charge is 2.17. The Hall–Kier alpha value is -1.61. The van der Waals surface area contributed by atoms with E-state index in [0.29, 0.717) is 0 Å². The van der Waals surface area contributed by atoms with Crippen LogP contribution in [0.15, 0.2) is 30.6 Å². The van der Waals surface area contributed by atoms with E-state index < -0.39 is 0 Å². The first-order chi connectivity index (χ1) is 9.75. The van der Waals surface area contributed by atoms with Gasteiger partial charge in [-0.25, -0.2) is 9.97 Å². The Morgan fingerprint density at radius 1 is 1.15 bits per heavy atom. The van der Waals surface area contributed by atoms with Gasteiger partial charge in [0.15, 0.2) is 0 Å². The van der Waals surface area contributed by atoms with Crippen LogP contribution in [0.2, 0.25) is 5.02 Å². The Morgan fingerprint density at radius 2 is 1.95 bits per heavy atom. The number of nitrogens with one attached hydrogen (secondary N) is 1. The molecule has 0 aliphatic heterocycles. The largest absolute Gasteiger partial charge is 0.363 e. The highest BCUT2D eigenvalue weighted by Crippen LogP contribution is 2.29. The number of aromatic nitrogens is 2. The number of nitrogens with zero attached hydrogens (tertiary/aromatic N) is 2. The van der Waals surface area contributed by atoms with Gasteiger partial charge in [0, 0.05) is 16.3 Å². The van der Waals surface area contributed by atoms with E-state index in [0.717, 1.165) is 29.2 Å². The molecule has 1 aromatic carbocycles. The van der Waals surface area contributed by atoms with Crippen LogP contribution in [0.3, 0.4) is 0 Å². The molecule has 3 nitrogen and oxygen atoms in total. The molecule has 0 spiro atoms. The summed E-state index contributed by atoms with van der Waals surface area (Å²) >= 11 is 6.26. The van der Waals surface area contributed by atoms with Gasteiger partial charge in [0.25, 0.3) is 0 Å². The normalized spacial score (nSPS) is 15.5. The van der Waals surface area contributed by atoms with Gasteiger partial charge in [0.1, 0.15) is 12.1 Å². The molecule has 0 saturated carbocycles.